The van der Waals surface area contributed by atoms with E-state index in [-0.39, 0.29) is 18.4 Å². The van der Waals surface area contributed by atoms with Crippen molar-refractivity contribution in [2.24, 2.45) is 0 Å². The lowest BCUT2D eigenvalue weighted by Gasteiger charge is -2.30. The van der Waals surface area contributed by atoms with Crippen LogP contribution in [0, 0.1) is 0 Å². The Bertz CT molecular complexity index is 611. The number of amides is 2. The van der Waals surface area contributed by atoms with Crippen LogP contribution in [-0.2, 0) is 0 Å². The second kappa shape index (κ2) is 6.18. The van der Waals surface area contributed by atoms with Crippen LogP contribution in [0.25, 0.3) is 0 Å². The minimum absolute atomic E-state index is 0.0956. The first-order valence-corrected chi connectivity index (χ1v) is 7.08. The molecule has 2 rings (SSSR count). The van der Waals surface area contributed by atoms with Crippen LogP contribution in [0.3, 0.4) is 0 Å². The minimum Gasteiger partial charge on any atom is -0.383 e. The highest BCUT2D eigenvalue weighted by molar-refractivity contribution is 6.31. The molecule has 0 fully saturated rings. The lowest BCUT2D eigenvalue weighted by Crippen LogP contribution is -2.45. The molecule has 1 aromatic rings. The fourth-order valence-electron chi connectivity index (χ4n) is 2.26. The Morgan fingerprint density at radius 3 is 2.81 bits per heavy atom. The van der Waals surface area contributed by atoms with Crippen LogP contribution in [0.2, 0.25) is 5.02 Å². The maximum atomic E-state index is 12.5. The number of benzene rings is 1. The van der Waals surface area contributed by atoms with Crippen LogP contribution in [0.15, 0.2) is 30.0 Å². The Kier molecular flexibility index (Phi) is 4.53. The molecule has 2 amide bonds. The van der Waals surface area contributed by atoms with Crippen LogP contribution < -0.4 is 10.2 Å². The Balaban J connectivity index is 2.51. The van der Waals surface area contributed by atoms with Gasteiger partial charge in [-0.2, -0.15) is 0 Å². The standard InChI is InChI=1S/C15H18ClN3O2/c1-4-17-15(21)19-9-10(8-18(2)3)14(20)12-7-11(16)5-6-13(12)19/h5-8H,4,9H2,1-3H3,(H,17,21)/b10-8-. The molecule has 21 heavy (non-hydrogen) atoms. The van der Waals surface area contributed by atoms with Crippen molar-refractivity contribution in [2.75, 3.05) is 32.1 Å². The number of hydrogen-bond acceptors (Lipinski definition) is 3. The van der Waals surface area contributed by atoms with Crippen molar-refractivity contribution in [2.45, 2.75) is 6.92 Å². The zero-order valence-electron chi connectivity index (χ0n) is 12.3. The van der Waals surface area contributed by atoms with Crippen molar-refractivity contribution in [1.29, 1.82) is 0 Å². The number of hydrogen-bond donors (Lipinski definition) is 1. The fourth-order valence-corrected chi connectivity index (χ4v) is 2.44. The average Bonchev–Trinajstić information content (AvgIpc) is 2.42. The van der Waals surface area contributed by atoms with Gasteiger partial charge in [0.05, 0.1) is 12.2 Å². The molecule has 0 radical (unpaired) electrons. The first kappa shape index (κ1) is 15.4. The van der Waals surface area contributed by atoms with E-state index in [1.165, 1.54) is 0 Å². The summed E-state index contributed by atoms with van der Waals surface area (Å²) in [6, 6.07) is 4.77. The molecule has 0 aliphatic carbocycles. The van der Waals surface area contributed by atoms with Gasteiger partial charge in [-0.1, -0.05) is 11.6 Å². The van der Waals surface area contributed by atoms with Crippen LogP contribution in [0.1, 0.15) is 17.3 Å². The topological polar surface area (TPSA) is 52.7 Å². The predicted molar refractivity (Wildman–Crippen MR) is 84.0 cm³/mol. The summed E-state index contributed by atoms with van der Waals surface area (Å²) >= 11 is 5.98. The van der Waals surface area contributed by atoms with E-state index in [0.29, 0.717) is 28.4 Å². The molecule has 0 bridgehead atoms. The molecular formula is C15H18ClN3O2. The number of halogens is 1. The van der Waals surface area contributed by atoms with Gasteiger partial charge in [0.2, 0.25) is 0 Å². The molecule has 5 nitrogen and oxygen atoms in total. The van der Waals surface area contributed by atoms with Gasteiger partial charge < -0.3 is 10.2 Å². The van der Waals surface area contributed by atoms with Gasteiger partial charge in [0.1, 0.15) is 0 Å². The molecule has 1 aliphatic heterocycles. The first-order chi connectivity index (χ1) is 9.93. The van der Waals surface area contributed by atoms with Crippen LogP contribution in [0.5, 0.6) is 0 Å². The summed E-state index contributed by atoms with van der Waals surface area (Å²) in [5.74, 6) is -0.0956. The number of rotatable bonds is 2. The average molecular weight is 308 g/mol. The summed E-state index contributed by atoms with van der Waals surface area (Å²) in [5.41, 5.74) is 1.60. The summed E-state index contributed by atoms with van der Waals surface area (Å²) in [4.78, 5) is 28.1. The summed E-state index contributed by atoms with van der Waals surface area (Å²) in [6.07, 6.45) is 1.73. The lowest BCUT2D eigenvalue weighted by molar-refractivity contribution is 0.102. The molecule has 0 spiro atoms. The van der Waals surface area contributed by atoms with E-state index in [9.17, 15) is 9.59 Å². The molecule has 112 valence electrons. The Hall–Kier alpha value is -2.01. The Morgan fingerprint density at radius 2 is 2.19 bits per heavy atom. The van der Waals surface area contributed by atoms with Gasteiger partial charge in [-0.15, -0.1) is 0 Å². The molecule has 1 aromatic carbocycles. The lowest BCUT2D eigenvalue weighted by atomic mass is 9.96. The molecule has 1 aliphatic rings. The van der Waals surface area contributed by atoms with E-state index >= 15 is 0 Å². The smallest absolute Gasteiger partial charge is 0.322 e. The number of carbonyl (C=O) groups excluding carboxylic acids is 2. The van der Waals surface area contributed by atoms with Gasteiger partial charge in [0.25, 0.3) is 0 Å². The van der Waals surface area contributed by atoms with E-state index in [4.69, 9.17) is 11.6 Å². The van der Waals surface area contributed by atoms with E-state index in [0.717, 1.165) is 0 Å². The number of urea groups is 1. The third-order valence-corrected chi connectivity index (χ3v) is 3.34. The maximum absolute atomic E-state index is 12.5. The number of nitrogens with one attached hydrogen (secondary N) is 1. The molecule has 0 aromatic heterocycles. The monoisotopic (exact) mass is 307 g/mol. The van der Waals surface area contributed by atoms with Crippen molar-refractivity contribution in [3.63, 3.8) is 0 Å². The number of fused-ring (bicyclic) bond motifs is 1. The maximum Gasteiger partial charge on any atom is 0.322 e. The first-order valence-electron chi connectivity index (χ1n) is 6.70. The minimum atomic E-state index is -0.224. The summed E-state index contributed by atoms with van der Waals surface area (Å²) in [7, 11) is 3.68. The third kappa shape index (κ3) is 3.19. The van der Waals surface area contributed by atoms with Crippen molar-refractivity contribution >= 4 is 29.1 Å². The number of ketones is 1. The van der Waals surface area contributed by atoms with Gasteiger partial charge in [-0.3, -0.25) is 9.69 Å². The Labute approximate surface area is 129 Å². The van der Waals surface area contributed by atoms with Gasteiger partial charge in [-0.25, -0.2) is 4.79 Å². The summed E-state index contributed by atoms with van der Waals surface area (Å²) in [6.45, 7) is 2.63. The van der Waals surface area contributed by atoms with Crippen molar-refractivity contribution in [1.82, 2.24) is 10.2 Å². The van der Waals surface area contributed by atoms with Gasteiger partial charge in [0.15, 0.2) is 5.78 Å². The highest BCUT2D eigenvalue weighted by Crippen LogP contribution is 2.31. The predicted octanol–water partition coefficient (Wildman–Crippen LogP) is 2.52. The van der Waals surface area contributed by atoms with Gasteiger partial charge >= 0.3 is 6.03 Å². The van der Waals surface area contributed by atoms with E-state index in [1.807, 2.05) is 21.0 Å². The number of anilines is 1. The SMILES string of the molecule is CCNC(=O)N1C/C(=C/N(C)C)C(=O)c2cc(Cl)ccc21. The fraction of sp³-hybridized carbons (Fsp3) is 0.333. The van der Waals surface area contributed by atoms with Crippen LogP contribution >= 0.6 is 11.6 Å². The summed E-state index contributed by atoms with van der Waals surface area (Å²) < 4.78 is 0. The highest BCUT2D eigenvalue weighted by Gasteiger charge is 2.31. The quantitative estimate of drug-likeness (QED) is 0.854. The highest BCUT2D eigenvalue weighted by atomic mass is 35.5. The van der Waals surface area contributed by atoms with Crippen LogP contribution in [-0.4, -0.2) is 43.9 Å². The number of nitrogens with zero attached hydrogens (tertiary/aromatic N) is 2. The molecule has 0 saturated carbocycles. The van der Waals surface area contributed by atoms with E-state index in [2.05, 4.69) is 5.32 Å². The summed E-state index contributed by atoms with van der Waals surface area (Å²) in [5, 5.41) is 3.24. The van der Waals surface area contributed by atoms with Crippen molar-refractivity contribution < 1.29 is 9.59 Å². The normalized spacial score (nSPS) is 15.9. The van der Waals surface area contributed by atoms with Crippen molar-refractivity contribution in [3.8, 4) is 0 Å². The van der Waals surface area contributed by atoms with Gasteiger partial charge in [-0.05, 0) is 25.1 Å². The number of carbonyl (C=O) groups is 2. The number of Topliss-reactive ketones (excluding diaryl/α,β-unsaturated/α-hetero) is 1. The van der Waals surface area contributed by atoms with Crippen LogP contribution in [0.4, 0.5) is 10.5 Å². The molecule has 1 N–H and O–H groups in total. The zero-order chi connectivity index (χ0) is 15.6. The molecule has 6 heteroatoms. The zero-order valence-corrected chi connectivity index (χ0v) is 13.1. The van der Waals surface area contributed by atoms with Crippen molar-refractivity contribution in [3.05, 3.63) is 40.6 Å². The molecule has 0 saturated heterocycles. The largest absolute Gasteiger partial charge is 0.383 e. The molecule has 1 heterocycles. The Morgan fingerprint density at radius 1 is 1.48 bits per heavy atom. The third-order valence-electron chi connectivity index (χ3n) is 3.10. The van der Waals surface area contributed by atoms with E-state index < -0.39 is 0 Å². The molecular weight excluding hydrogens is 290 g/mol. The second-order valence-electron chi connectivity index (χ2n) is 5.03. The molecule has 0 atom stereocenters. The van der Waals surface area contributed by atoms with E-state index in [1.54, 1.807) is 34.2 Å². The second-order valence-corrected chi connectivity index (χ2v) is 5.47. The molecule has 0 unspecified atom stereocenters. The van der Waals surface area contributed by atoms with Gasteiger partial charge in [0, 0.05) is 43.0 Å².